The Morgan fingerprint density at radius 2 is 1.38 bits per heavy atom. The van der Waals surface area contributed by atoms with Crippen LogP contribution in [0.5, 0.6) is 0 Å². The van der Waals surface area contributed by atoms with E-state index in [0.717, 1.165) is 27.9 Å². The van der Waals surface area contributed by atoms with Crippen molar-refractivity contribution < 1.29 is 0 Å². The molecule has 164 valence electrons. The molecular formula is C28H21N5O. The quantitative estimate of drug-likeness (QED) is 0.379. The summed E-state index contributed by atoms with van der Waals surface area (Å²) in [5, 5.41) is 10.4. The Morgan fingerprint density at radius 3 is 2.06 bits per heavy atom. The lowest BCUT2D eigenvalue weighted by atomic mass is 10.1. The van der Waals surface area contributed by atoms with Gasteiger partial charge in [0.2, 0.25) is 0 Å². The lowest BCUT2D eigenvalue weighted by Crippen LogP contribution is -2.26. The van der Waals surface area contributed by atoms with Gasteiger partial charge < -0.3 is 0 Å². The van der Waals surface area contributed by atoms with Gasteiger partial charge in [-0.2, -0.15) is 10.2 Å². The minimum atomic E-state index is -0.216. The van der Waals surface area contributed by atoms with Gasteiger partial charge in [0.1, 0.15) is 17.0 Å². The minimum Gasteiger partial charge on any atom is -0.265 e. The van der Waals surface area contributed by atoms with Crippen molar-refractivity contribution in [1.82, 2.24) is 24.4 Å². The van der Waals surface area contributed by atoms with E-state index < -0.39 is 0 Å². The highest BCUT2D eigenvalue weighted by Crippen LogP contribution is 2.30. The Labute approximate surface area is 195 Å². The van der Waals surface area contributed by atoms with Gasteiger partial charge in [-0.3, -0.25) is 4.79 Å². The fraction of sp³-hybridized carbons (Fsp3) is 0.0714. The monoisotopic (exact) mass is 443 g/mol. The average Bonchev–Trinajstić information content (AvgIpc) is 3.34. The molecule has 0 unspecified atom stereocenters. The molecular weight excluding hydrogens is 422 g/mol. The first-order chi connectivity index (χ1) is 16.7. The molecule has 0 N–H and O–H groups in total. The van der Waals surface area contributed by atoms with E-state index >= 15 is 0 Å². The fourth-order valence-corrected chi connectivity index (χ4v) is 4.33. The molecule has 3 aromatic carbocycles. The molecule has 34 heavy (non-hydrogen) atoms. The van der Waals surface area contributed by atoms with Crippen LogP contribution in [0, 0.1) is 6.92 Å². The molecule has 3 heterocycles. The van der Waals surface area contributed by atoms with Crippen LogP contribution < -0.4 is 5.56 Å². The van der Waals surface area contributed by atoms with E-state index in [1.807, 2.05) is 104 Å². The molecule has 0 atom stereocenters. The van der Waals surface area contributed by atoms with Gasteiger partial charge in [0.25, 0.3) is 5.56 Å². The van der Waals surface area contributed by atoms with Crippen molar-refractivity contribution >= 4 is 16.4 Å². The normalized spacial score (nSPS) is 11.3. The van der Waals surface area contributed by atoms with Gasteiger partial charge in [0.15, 0.2) is 0 Å². The molecule has 0 radical (unpaired) electrons. The van der Waals surface area contributed by atoms with Crippen LogP contribution in [0.2, 0.25) is 0 Å². The summed E-state index contributed by atoms with van der Waals surface area (Å²) in [6.45, 7) is 2.24. The molecule has 0 fully saturated rings. The highest BCUT2D eigenvalue weighted by molar-refractivity contribution is 6.03. The Balaban J connectivity index is 1.68. The number of aryl methyl sites for hydroxylation is 1. The van der Waals surface area contributed by atoms with E-state index in [1.165, 1.54) is 4.68 Å². The summed E-state index contributed by atoms with van der Waals surface area (Å²) in [6, 6.07) is 31.8. The lowest BCUT2D eigenvalue weighted by Gasteiger charge is -2.13. The summed E-state index contributed by atoms with van der Waals surface area (Å²) in [4.78, 5) is 18.3. The first kappa shape index (κ1) is 20.1. The zero-order valence-electron chi connectivity index (χ0n) is 18.6. The van der Waals surface area contributed by atoms with Crippen molar-refractivity contribution in [3.63, 3.8) is 0 Å². The van der Waals surface area contributed by atoms with Gasteiger partial charge >= 0.3 is 0 Å². The number of benzene rings is 3. The third kappa shape index (κ3) is 3.36. The van der Waals surface area contributed by atoms with Crippen LogP contribution in [0.15, 0.2) is 102 Å². The van der Waals surface area contributed by atoms with Gasteiger partial charge in [0.05, 0.1) is 23.1 Å². The number of nitrogens with zero attached hydrogens (tertiary/aromatic N) is 5. The van der Waals surface area contributed by atoms with Gasteiger partial charge in [-0.05, 0) is 18.6 Å². The number of hydrogen-bond acceptors (Lipinski definition) is 4. The zero-order chi connectivity index (χ0) is 23.1. The van der Waals surface area contributed by atoms with Crippen molar-refractivity contribution in [2.24, 2.45) is 0 Å². The van der Waals surface area contributed by atoms with Crippen LogP contribution in [0.1, 0.15) is 11.4 Å². The molecule has 0 bridgehead atoms. The molecule has 6 nitrogen and oxygen atoms in total. The predicted molar refractivity (Wildman–Crippen MR) is 134 cm³/mol. The van der Waals surface area contributed by atoms with Crippen LogP contribution in [0.4, 0.5) is 0 Å². The largest absolute Gasteiger partial charge is 0.293 e. The third-order valence-electron chi connectivity index (χ3n) is 5.97. The number of hydrogen-bond donors (Lipinski definition) is 0. The van der Waals surface area contributed by atoms with Gasteiger partial charge in [-0.15, -0.1) is 0 Å². The van der Waals surface area contributed by atoms with Crippen LogP contribution in [-0.2, 0) is 6.54 Å². The summed E-state index contributed by atoms with van der Waals surface area (Å²) >= 11 is 0. The molecule has 0 aliphatic carbocycles. The highest BCUT2D eigenvalue weighted by atomic mass is 16.1. The molecule has 0 saturated carbocycles. The van der Waals surface area contributed by atoms with E-state index in [9.17, 15) is 4.79 Å². The third-order valence-corrected chi connectivity index (χ3v) is 5.97. The molecule has 0 saturated heterocycles. The van der Waals surface area contributed by atoms with Crippen molar-refractivity contribution in [2.75, 3.05) is 0 Å². The highest BCUT2D eigenvalue weighted by Gasteiger charge is 2.20. The number of aromatic nitrogens is 5. The Kier molecular flexibility index (Phi) is 4.77. The summed E-state index contributed by atoms with van der Waals surface area (Å²) in [5.74, 6) is 0.651. The maximum atomic E-state index is 13.6. The minimum absolute atomic E-state index is 0.216. The maximum Gasteiger partial charge on any atom is 0.293 e. The van der Waals surface area contributed by atoms with E-state index in [1.54, 1.807) is 4.52 Å². The summed E-state index contributed by atoms with van der Waals surface area (Å²) < 4.78 is 3.32. The van der Waals surface area contributed by atoms with E-state index in [-0.39, 0.29) is 5.56 Å². The second-order valence-electron chi connectivity index (χ2n) is 8.24. The van der Waals surface area contributed by atoms with E-state index in [2.05, 4.69) is 0 Å². The lowest BCUT2D eigenvalue weighted by molar-refractivity contribution is 0.648. The zero-order valence-corrected chi connectivity index (χ0v) is 18.6. The molecule has 3 aromatic heterocycles. The molecule has 0 amide bonds. The summed E-state index contributed by atoms with van der Waals surface area (Å²) in [6.07, 6.45) is 0. The summed E-state index contributed by atoms with van der Waals surface area (Å²) in [5.41, 5.74) is 5.46. The summed E-state index contributed by atoms with van der Waals surface area (Å²) in [7, 11) is 0. The van der Waals surface area contributed by atoms with Gasteiger partial charge in [0, 0.05) is 11.1 Å². The second-order valence-corrected chi connectivity index (χ2v) is 8.24. The Bertz CT molecular complexity index is 1690. The fourth-order valence-electron chi connectivity index (χ4n) is 4.33. The topological polar surface area (TPSA) is 65.1 Å². The molecule has 6 rings (SSSR count). The van der Waals surface area contributed by atoms with E-state index in [0.29, 0.717) is 29.0 Å². The Hall–Kier alpha value is -4.58. The molecule has 0 aliphatic heterocycles. The van der Waals surface area contributed by atoms with Gasteiger partial charge in [-0.25, -0.2) is 14.2 Å². The standard InChI is InChI=1S/C28H21N5O/c1-19-29-27-25(24-17-23(30-33(19)24)21-13-7-3-8-14-21)26(22-15-9-4-10-16-22)31-32(28(27)34)18-20-11-5-2-6-12-20/h2-17H,18H2,1H3. The van der Waals surface area contributed by atoms with Crippen molar-refractivity contribution in [2.45, 2.75) is 13.5 Å². The van der Waals surface area contributed by atoms with Crippen LogP contribution in [-0.4, -0.2) is 24.4 Å². The van der Waals surface area contributed by atoms with Crippen LogP contribution >= 0.6 is 0 Å². The molecule has 0 spiro atoms. The first-order valence-corrected chi connectivity index (χ1v) is 11.1. The molecule has 6 heteroatoms. The average molecular weight is 444 g/mol. The number of fused-ring (bicyclic) bond motifs is 3. The van der Waals surface area contributed by atoms with Gasteiger partial charge in [-0.1, -0.05) is 91.0 Å². The predicted octanol–water partition coefficient (Wildman–Crippen LogP) is 5.13. The molecule has 0 aliphatic rings. The maximum absolute atomic E-state index is 13.6. The smallest absolute Gasteiger partial charge is 0.265 e. The molecule has 6 aromatic rings. The van der Waals surface area contributed by atoms with Crippen molar-refractivity contribution in [3.05, 3.63) is 119 Å². The second kappa shape index (κ2) is 8.08. The van der Waals surface area contributed by atoms with Crippen LogP contribution in [0.3, 0.4) is 0 Å². The van der Waals surface area contributed by atoms with Crippen molar-refractivity contribution in [3.8, 4) is 22.5 Å². The SMILES string of the molecule is Cc1nc2c(=O)n(Cc3ccccc3)nc(-c3ccccc3)c2c2cc(-c3ccccc3)nn12. The Morgan fingerprint density at radius 1 is 0.765 bits per heavy atom. The van der Waals surface area contributed by atoms with E-state index in [4.69, 9.17) is 15.2 Å². The number of rotatable bonds is 4. The van der Waals surface area contributed by atoms with Crippen molar-refractivity contribution in [1.29, 1.82) is 0 Å². The van der Waals surface area contributed by atoms with Crippen LogP contribution in [0.25, 0.3) is 38.9 Å². The first-order valence-electron chi connectivity index (χ1n) is 11.1.